The standard InChI is InChI=1S/C10H12FNO2/c1-12(2)5-7-3-8(6-13)10(14)9(11)4-7/h3-4,6,14H,5H2,1-2H3. The van der Waals surface area contributed by atoms with E-state index >= 15 is 0 Å². The quantitative estimate of drug-likeness (QED) is 0.745. The first kappa shape index (κ1) is 10.7. The molecule has 0 saturated heterocycles. The lowest BCUT2D eigenvalue weighted by molar-refractivity contribution is 0.112. The van der Waals surface area contributed by atoms with Gasteiger partial charge in [-0.3, -0.25) is 4.79 Å². The van der Waals surface area contributed by atoms with Crippen molar-refractivity contribution in [1.82, 2.24) is 4.90 Å². The molecule has 0 aromatic heterocycles. The molecule has 0 heterocycles. The van der Waals surface area contributed by atoms with Crippen LogP contribution in [-0.4, -0.2) is 30.4 Å². The molecule has 1 aromatic carbocycles. The Balaban J connectivity index is 3.09. The van der Waals surface area contributed by atoms with Gasteiger partial charge in [0.25, 0.3) is 0 Å². The molecule has 0 saturated carbocycles. The van der Waals surface area contributed by atoms with Crippen LogP contribution >= 0.6 is 0 Å². The average molecular weight is 197 g/mol. The number of aldehydes is 1. The van der Waals surface area contributed by atoms with Crippen molar-refractivity contribution in [2.45, 2.75) is 6.54 Å². The lowest BCUT2D eigenvalue weighted by Gasteiger charge is -2.10. The molecule has 1 aromatic rings. The van der Waals surface area contributed by atoms with Gasteiger partial charge < -0.3 is 10.0 Å². The second kappa shape index (κ2) is 4.19. The highest BCUT2D eigenvalue weighted by molar-refractivity contribution is 5.79. The fraction of sp³-hybridized carbons (Fsp3) is 0.300. The van der Waals surface area contributed by atoms with Crippen molar-refractivity contribution in [3.63, 3.8) is 0 Å². The van der Waals surface area contributed by atoms with Crippen LogP contribution in [0.15, 0.2) is 12.1 Å². The maximum Gasteiger partial charge on any atom is 0.165 e. The Bertz CT molecular complexity index is 350. The number of benzene rings is 1. The summed E-state index contributed by atoms with van der Waals surface area (Å²) in [7, 11) is 3.68. The van der Waals surface area contributed by atoms with Crippen molar-refractivity contribution >= 4 is 6.29 Å². The molecule has 1 rings (SSSR count). The van der Waals surface area contributed by atoms with Crippen molar-refractivity contribution in [3.05, 3.63) is 29.1 Å². The SMILES string of the molecule is CN(C)Cc1cc(F)c(O)c(C=O)c1. The zero-order valence-corrected chi connectivity index (χ0v) is 8.12. The molecule has 0 spiro atoms. The third kappa shape index (κ3) is 2.29. The highest BCUT2D eigenvalue weighted by Crippen LogP contribution is 2.21. The van der Waals surface area contributed by atoms with Gasteiger partial charge in [0.2, 0.25) is 0 Å². The average Bonchev–Trinajstić information content (AvgIpc) is 2.10. The molecule has 0 aliphatic carbocycles. The number of aromatic hydroxyl groups is 1. The van der Waals surface area contributed by atoms with E-state index in [1.165, 1.54) is 12.1 Å². The molecule has 3 nitrogen and oxygen atoms in total. The number of hydrogen-bond donors (Lipinski definition) is 1. The molecule has 0 fully saturated rings. The fourth-order valence-corrected chi connectivity index (χ4v) is 1.23. The summed E-state index contributed by atoms with van der Waals surface area (Å²) in [5.41, 5.74) is 0.647. The van der Waals surface area contributed by atoms with Gasteiger partial charge in [0.05, 0.1) is 5.56 Å². The first-order chi connectivity index (χ1) is 6.54. The molecule has 0 aliphatic rings. The minimum atomic E-state index is -0.758. The number of rotatable bonds is 3. The minimum Gasteiger partial charge on any atom is -0.504 e. The molecule has 14 heavy (non-hydrogen) atoms. The van der Waals surface area contributed by atoms with Gasteiger partial charge in [0.1, 0.15) is 0 Å². The summed E-state index contributed by atoms with van der Waals surface area (Å²) in [6, 6.07) is 2.70. The molecule has 4 heteroatoms. The van der Waals surface area contributed by atoms with Crippen LogP contribution in [0.25, 0.3) is 0 Å². The first-order valence-electron chi connectivity index (χ1n) is 4.16. The van der Waals surface area contributed by atoms with E-state index in [1.807, 2.05) is 19.0 Å². The second-order valence-electron chi connectivity index (χ2n) is 3.37. The maximum absolute atomic E-state index is 13.0. The number of hydrogen-bond acceptors (Lipinski definition) is 3. The van der Waals surface area contributed by atoms with E-state index in [-0.39, 0.29) is 5.56 Å². The van der Waals surface area contributed by atoms with E-state index in [2.05, 4.69) is 0 Å². The van der Waals surface area contributed by atoms with Crippen molar-refractivity contribution in [2.75, 3.05) is 14.1 Å². The van der Waals surface area contributed by atoms with Gasteiger partial charge in [-0.25, -0.2) is 4.39 Å². The molecule has 1 N–H and O–H groups in total. The Morgan fingerprint density at radius 3 is 2.64 bits per heavy atom. The predicted molar refractivity (Wildman–Crippen MR) is 50.8 cm³/mol. The van der Waals surface area contributed by atoms with Crippen LogP contribution < -0.4 is 0 Å². The highest BCUT2D eigenvalue weighted by Gasteiger charge is 2.09. The molecular weight excluding hydrogens is 185 g/mol. The number of carbonyl (C=O) groups is 1. The summed E-state index contributed by atoms with van der Waals surface area (Å²) in [6.45, 7) is 0.526. The fourth-order valence-electron chi connectivity index (χ4n) is 1.23. The molecule has 0 bridgehead atoms. The van der Waals surface area contributed by atoms with E-state index in [4.69, 9.17) is 5.11 Å². The van der Waals surface area contributed by atoms with Gasteiger partial charge in [-0.15, -0.1) is 0 Å². The van der Waals surface area contributed by atoms with E-state index in [9.17, 15) is 9.18 Å². The van der Waals surface area contributed by atoms with Crippen LogP contribution in [0.4, 0.5) is 4.39 Å². The van der Waals surface area contributed by atoms with Crippen molar-refractivity contribution in [1.29, 1.82) is 0 Å². The largest absolute Gasteiger partial charge is 0.504 e. The molecule has 0 atom stereocenters. The van der Waals surface area contributed by atoms with Gasteiger partial charge in [0, 0.05) is 6.54 Å². The smallest absolute Gasteiger partial charge is 0.165 e. The maximum atomic E-state index is 13.0. The molecule has 0 amide bonds. The number of nitrogens with zero attached hydrogens (tertiary/aromatic N) is 1. The topological polar surface area (TPSA) is 40.5 Å². The Morgan fingerprint density at radius 1 is 1.50 bits per heavy atom. The van der Waals surface area contributed by atoms with Gasteiger partial charge in [-0.05, 0) is 31.8 Å². The predicted octanol–water partition coefficient (Wildman–Crippen LogP) is 1.41. The van der Waals surface area contributed by atoms with E-state index in [1.54, 1.807) is 0 Å². The Kier molecular flexibility index (Phi) is 3.19. The van der Waals surface area contributed by atoms with Crippen LogP contribution in [0.5, 0.6) is 5.75 Å². The lowest BCUT2D eigenvalue weighted by Crippen LogP contribution is -2.11. The third-order valence-electron chi connectivity index (χ3n) is 1.78. The summed E-state index contributed by atoms with van der Waals surface area (Å²) < 4.78 is 13.0. The van der Waals surface area contributed by atoms with Gasteiger partial charge >= 0.3 is 0 Å². The van der Waals surface area contributed by atoms with Crippen LogP contribution in [0, 0.1) is 5.82 Å². The first-order valence-corrected chi connectivity index (χ1v) is 4.16. The monoisotopic (exact) mass is 197 g/mol. The molecule has 76 valence electrons. The zero-order valence-electron chi connectivity index (χ0n) is 8.12. The molecule has 0 unspecified atom stereocenters. The normalized spacial score (nSPS) is 10.6. The Hall–Kier alpha value is -1.42. The summed E-state index contributed by atoms with van der Waals surface area (Å²) in [5.74, 6) is -1.34. The van der Waals surface area contributed by atoms with E-state index in [0.717, 1.165) is 0 Å². The molecular formula is C10H12FNO2. The van der Waals surface area contributed by atoms with Crippen LogP contribution in [0.1, 0.15) is 15.9 Å². The summed E-state index contributed by atoms with van der Waals surface area (Å²) in [4.78, 5) is 12.3. The van der Waals surface area contributed by atoms with E-state index < -0.39 is 11.6 Å². The Morgan fingerprint density at radius 2 is 2.14 bits per heavy atom. The number of carbonyl (C=O) groups excluding carboxylic acids is 1. The van der Waals surface area contributed by atoms with Crippen molar-refractivity contribution < 1.29 is 14.3 Å². The Labute approximate surface area is 81.8 Å². The summed E-state index contributed by atoms with van der Waals surface area (Å²) in [6.07, 6.45) is 0.442. The summed E-state index contributed by atoms with van der Waals surface area (Å²) >= 11 is 0. The zero-order chi connectivity index (χ0) is 10.7. The van der Waals surface area contributed by atoms with E-state index in [0.29, 0.717) is 18.4 Å². The summed E-state index contributed by atoms with van der Waals surface area (Å²) in [5, 5.41) is 9.14. The highest BCUT2D eigenvalue weighted by atomic mass is 19.1. The van der Waals surface area contributed by atoms with Crippen LogP contribution in [0.2, 0.25) is 0 Å². The van der Waals surface area contributed by atoms with Crippen LogP contribution in [-0.2, 0) is 6.54 Å². The minimum absolute atomic E-state index is 0.0122. The third-order valence-corrected chi connectivity index (χ3v) is 1.78. The number of phenols is 1. The number of phenolic OH excluding ortho intramolecular Hbond substituents is 1. The van der Waals surface area contributed by atoms with Gasteiger partial charge in [-0.2, -0.15) is 0 Å². The number of halogens is 1. The van der Waals surface area contributed by atoms with Gasteiger partial charge in [-0.1, -0.05) is 0 Å². The molecule has 0 aliphatic heterocycles. The second-order valence-corrected chi connectivity index (χ2v) is 3.37. The van der Waals surface area contributed by atoms with Crippen molar-refractivity contribution in [2.24, 2.45) is 0 Å². The van der Waals surface area contributed by atoms with Crippen LogP contribution in [0.3, 0.4) is 0 Å². The van der Waals surface area contributed by atoms with Crippen molar-refractivity contribution in [3.8, 4) is 5.75 Å². The van der Waals surface area contributed by atoms with Gasteiger partial charge in [0.15, 0.2) is 17.9 Å². The lowest BCUT2D eigenvalue weighted by atomic mass is 10.1. The molecule has 0 radical (unpaired) electrons.